The zero-order valence-electron chi connectivity index (χ0n) is 9.41. The van der Waals surface area contributed by atoms with Crippen LogP contribution in [0.2, 0.25) is 0 Å². The number of carbonyl (C=O) groups excluding carboxylic acids is 1. The SMILES string of the molecule is CCC1(O)CN(C(=O)c2cc(F)cc(F)c2)C1. The van der Waals surface area contributed by atoms with E-state index in [1.807, 2.05) is 6.92 Å². The van der Waals surface area contributed by atoms with Crippen molar-refractivity contribution in [3.05, 3.63) is 35.4 Å². The Balaban J connectivity index is 2.11. The number of aliphatic hydroxyl groups is 1. The normalized spacial score (nSPS) is 17.8. The van der Waals surface area contributed by atoms with E-state index in [0.29, 0.717) is 6.42 Å². The van der Waals surface area contributed by atoms with Crippen LogP contribution in [0, 0.1) is 11.6 Å². The molecule has 1 aromatic carbocycles. The average Bonchev–Trinajstić information content (AvgIpc) is 2.22. The van der Waals surface area contributed by atoms with Gasteiger partial charge in [0.15, 0.2) is 0 Å². The number of β-amino-alcohol motifs (C(OH)–C–C–N with tert-alkyl or cyclic N) is 1. The van der Waals surface area contributed by atoms with E-state index in [1.54, 1.807) is 0 Å². The predicted molar refractivity (Wildman–Crippen MR) is 57.5 cm³/mol. The molecule has 1 aliphatic rings. The molecular formula is C12H13F2NO2. The Hall–Kier alpha value is -1.49. The van der Waals surface area contributed by atoms with Crippen LogP contribution in [-0.2, 0) is 0 Å². The minimum absolute atomic E-state index is 0.0272. The zero-order valence-corrected chi connectivity index (χ0v) is 9.41. The number of rotatable bonds is 2. The number of carbonyl (C=O) groups is 1. The topological polar surface area (TPSA) is 40.5 Å². The molecule has 92 valence electrons. The number of halogens is 2. The maximum atomic E-state index is 12.9. The van der Waals surface area contributed by atoms with Crippen LogP contribution < -0.4 is 0 Å². The van der Waals surface area contributed by atoms with E-state index in [9.17, 15) is 18.7 Å². The summed E-state index contributed by atoms with van der Waals surface area (Å²) in [7, 11) is 0. The third-order valence-electron chi connectivity index (χ3n) is 3.03. The Morgan fingerprint density at radius 1 is 1.35 bits per heavy atom. The first kappa shape index (κ1) is 12.0. The summed E-state index contributed by atoms with van der Waals surface area (Å²) >= 11 is 0. The lowest BCUT2D eigenvalue weighted by Crippen LogP contribution is -2.63. The molecule has 1 N–H and O–H groups in total. The molecule has 0 radical (unpaired) electrons. The highest BCUT2D eigenvalue weighted by Crippen LogP contribution is 2.26. The fourth-order valence-corrected chi connectivity index (χ4v) is 1.89. The van der Waals surface area contributed by atoms with Gasteiger partial charge in [-0.25, -0.2) is 8.78 Å². The van der Waals surface area contributed by atoms with E-state index in [1.165, 1.54) is 4.90 Å². The van der Waals surface area contributed by atoms with E-state index < -0.39 is 23.1 Å². The molecule has 0 unspecified atom stereocenters. The van der Waals surface area contributed by atoms with Crippen molar-refractivity contribution in [2.45, 2.75) is 18.9 Å². The first-order chi connectivity index (χ1) is 7.93. The van der Waals surface area contributed by atoms with Crippen LogP contribution in [0.4, 0.5) is 8.78 Å². The summed E-state index contributed by atoms with van der Waals surface area (Å²) in [5, 5.41) is 9.75. The molecule has 1 fully saturated rings. The Morgan fingerprint density at radius 3 is 2.35 bits per heavy atom. The molecule has 1 heterocycles. The highest BCUT2D eigenvalue weighted by molar-refractivity contribution is 5.95. The molecule has 1 aromatic rings. The van der Waals surface area contributed by atoms with Gasteiger partial charge in [-0.2, -0.15) is 0 Å². The van der Waals surface area contributed by atoms with Crippen molar-refractivity contribution in [1.29, 1.82) is 0 Å². The first-order valence-electron chi connectivity index (χ1n) is 5.41. The minimum Gasteiger partial charge on any atom is -0.386 e. The lowest BCUT2D eigenvalue weighted by molar-refractivity contribution is -0.0826. The number of hydrogen-bond acceptors (Lipinski definition) is 2. The van der Waals surface area contributed by atoms with Crippen molar-refractivity contribution < 1.29 is 18.7 Å². The van der Waals surface area contributed by atoms with Gasteiger partial charge in [0.1, 0.15) is 11.6 Å². The Kier molecular flexibility index (Phi) is 2.87. The highest BCUT2D eigenvalue weighted by Gasteiger charge is 2.42. The molecule has 0 saturated carbocycles. The van der Waals surface area contributed by atoms with Crippen LogP contribution in [0.25, 0.3) is 0 Å². The summed E-state index contributed by atoms with van der Waals surface area (Å²) in [6.45, 7) is 2.24. The first-order valence-corrected chi connectivity index (χ1v) is 5.41. The van der Waals surface area contributed by atoms with Crippen molar-refractivity contribution in [3.8, 4) is 0 Å². The van der Waals surface area contributed by atoms with Crippen LogP contribution in [0.5, 0.6) is 0 Å². The smallest absolute Gasteiger partial charge is 0.254 e. The number of nitrogens with zero attached hydrogens (tertiary/aromatic N) is 1. The van der Waals surface area contributed by atoms with Crippen LogP contribution in [0.1, 0.15) is 23.7 Å². The maximum absolute atomic E-state index is 12.9. The van der Waals surface area contributed by atoms with E-state index in [0.717, 1.165) is 18.2 Å². The molecule has 0 bridgehead atoms. The maximum Gasteiger partial charge on any atom is 0.254 e. The molecule has 0 spiro atoms. The van der Waals surface area contributed by atoms with Crippen LogP contribution in [0.3, 0.4) is 0 Å². The summed E-state index contributed by atoms with van der Waals surface area (Å²) in [5.41, 5.74) is -0.873. The second-order valence-electron chi connectivity index (χ2n) is 4.40. The molecule has 0 aliphatic carbocycles. The van der Waals surface area contributed by atoms with E-state index in [2.05, 4.69) is 0 Å². The van der Waals surface area contributed by atoms with E-state index in [4.69, 9.17) is 0 Å². The standard InChI is InChI=1S/C12H13F2NO2/c1-2-12(17)6-15(7-12)11(16)8-3-9(13)5-10(14)4-8/h3-5,17H,2,6-7H2,1H3. The molecule has 3 nitrogen and oxygen atoms in total. The second-order valence-corrected chi connectivity index (χ2v) is 4.40. The Labute approximate surface area is 97.7 Å². The van der Waals surface area contributed by atoms with E-state index >= 15 is 0 Å². The predicted octanol–water partition coefficient (Wildman–Crippen LogP) is 1.56. The van der Waals surface area contributed by atoms with Gasteiger partial charge in [-0.15, -0.1) is 0 Å². The van der Waals surface area contributed by atoms with Crippen molar-refractivity contribution in [2.75, 3.05) is 13.1 Å². The average molecular weight is 241 g/mol. The second kappa shape index (κ2) is 4.07. The molecule has 1 saturated heterocycles. The summed E-state index contributed by atoms with van der Waals surface area (Å²) in [6, 6.07) is 2.71. The monoisotopic (exact) mass is 241 g/mol. The summed E-state index contributed by atoms with van der Waals surface area (Å²) in [5.74, 6) is -2.01. The van der Waals surface area contributed by atoms with Gasteiger partial charge in [-0.1, -0.05) is 6.92 Å². The lowest BCUT2D eigenvalue weighted by atomic mass is 9.90. The van der Waals surface area contributed by atoms with Crippen molar-refractivity contribution in [2.24, 2.45) is 0 Å². The molecular weight excluding hydrogens is 228 g/mol. The Bertz CT molecular complexity index is 436. The third kappa shape index (κ3) is 2.29. The summed E-state index contributed by atoms with van der Waals surface area (Å²) in [6.07, 6.45) is 0.550. The molecule has 1 amide bonds. The quantitative estimate of drug-likeness (QED) is 0.853. The van der Waals surface area contributed by atoms with Crippen molar-refractivity contribution in [1.82, 2.24) is 4.90 Å². The number of likely N-dealkylation sites (tertiary alicyclic amines) is 1. The van der Waals surface area contributed by atoms with E-state index in [-0.39, 0.29) is 18.7 Å². The zero-order chi connectivity index (χ0) is 12.6. The minimum atomic E-state index is -0.846. The van der Waals surface area contributed by atoms with Gasteiger partial charge in [-0.05, 0) is 18.6 Å². The molecule has 17 heavy (non-hydrogen) atoms. The number of benzene rings is 1. The molecule has 0 atom stereocenters. The Morgan fingerprint density at radius 2 is 1.88 bits per heavy atom. The molecule has 2 rings (SSSR count). The van der Waals surface area contributed by atoms with Crippen LogP contribution in [-0.4, -0.2) is 34.6 Å². The van der Waals surface area contributed by atoms with Crippen molar-refractivity contribution in [3.63, 3.8) is 0 Å². The molecule has 5 heteroatoms. The van der Waals surface area contributed by atoms with Gasteiger partial charge in [0.2, 0.25) is 0 Å². The number of hydrogen-bond donors (Lipinski definition) is 1. The number of amides is 1. The molecule has 1 aliphatic heterocycles. The van der Waals surface area contributed by atoms with Gasteiger partial charge < -0.3 is 10.0 Å². The largest absolute Gasteiger partial charge is 0.386 e. The summed E-state index contributed by atoms with van der Waals surface area (Å²) < 4.78 is 25.9. The van der Waals surface area contributed by atoms with Gasteiger partial charge >= 0.3 is 0 Å². The fourth-order valence-electron chi connectivity index (χ4n) is 1.89. The van der Waals surface area contributed by atoms with Crippen LogP contribution >= 0.6 is 0 Å². The lowest BCUT2D eigenvalue weighted by Gasteiger charge is -2.46. The van der Waals surface area contributed by atoms with Gasteiger partial charge in [-0.3, -0.25) is 4.79 Å². The van der Waals surface area contributed by atoms with Crippen LogP contribution in [0.15, 0.2) is 18.2 Å². The third-order valence-corrected chi connectivity index (χ3v) is 3.03. The highest BCUT2D eigenvalue weighted by atomic mass is 19.1. The fraction of sp³-hybridized carbons (Fsp3) is 0.417. The van der Waals surface area contributed by atoms with Gasteiger partial charge in [0.25, 0.3) is 5.91 Å². The molecule has 0 aromatic heterocycles. The summed E-state index contributed by atoms with van der Waals surface area (Å²) in [4.78, 5) is 13.2. The van der Waals surface area contributed by atoms with Crippen molar-refractivity contribution >= 4 is 5.91 Å². The van der Waals surface area contributed by atoms with Gasteiger partial charge in [0.05, 0.1) is 18.7 Å². The van der Waals surface area contributed by atoms with Gasteiger partial charge in [0, 0.05) is 11.6 Å².